The van der Waals surface area contributed by atoms with Crippen molar-refractivity contribution in [3.05, 3.63) is 229 Å². The molecular weight excluding hydrogens is 681 g/mol. The van der Waals surface area contributed by atoms with Gasteiger partial charge in [0, 0.05) is 51.1 Å². The van der Waals surface area contributed by atoms with E-state index in [1.165, 1.54) is 33.0 Å². The second kappa shape index (κ2) is 12.9. The number of hydrogen-bond donors (Lipinski definition) is 0. The van der Waals surface area contributed by atoms with Gasteiger partial charge in [0.25, 0.3) is 0 Å². The fraction of sp³-hybridized carbons (Fsp3) is 0.0192. The lowest BCUT2D eigenvalue weighted by Crippen LogP contribution is -2.29. The lowest BCUT2D eigenvalue weighted by Gasteiger charge is -2.34. The van der Waals surface area contributed by atoms with Crippen molar-refractivity contribution in [2.24, 2.45) is 0 Å². The summed E-state index contributed by atoms with van der Waals surface area (Å²) in [6.07, 6.45) is 3.70. The van der Waals surface area contributed by atoms with Crippen LogP contribution >= 0.6 is 0 Å². The van der Waals surface area contributed by atoms with E-state index in [-0.39, 0.29) is 0 Å². The molecule has 4 nitrogen and oxygen atoms in total. The van der Waals surface area contributed by atoms with Gasteiger partial charge in [0.2, 0.25) is 0 Å². The third-order valence-electron chi connectivity index (χ3n) is 11.4. The first-order chi connectivity index (χ1) is 27.8. The van der Waals surface area contributed by atoms with E-state index < -0.39 is 5.41 Å². The number of para-hydroxylation sites is 2. The minimum atomic E-state index is -0.667. The van der Waals surface area contributed by atoms with Crippen LogP contribution in [0.15, 0.2) is 207 Å². The minimum Gasteiger partial charge on any atom is -0.309 e. The predicted octanol–water partition coefficient (Wildman–Crippen LogP) is 12.3. The summed E-state index contributed by atoms with van der Waals surface area (Å²) in [5, 5.41) is 2.38. The van der Waals surface area contributed by atoms with E-state index in [1.807, 2.05) is 12.3 Å². The number of benzene rings is 7. The summed E-state index contributed by atoms with van der Waals surface area (Å²) in [5.74, 6) is 0.690. The van der Waals surface area contributed by atoms with E-state index >= 15 is 0 Å². The van der Waals surface area contributed by atoms with Crippen LogP contribution in [0.4, 0.5) is 0 Å². The number of nitrogens with zero attached hydrogens (tertiary/aromatic N) is 4. The third kappa shape index (κ3) is 4.83. The van der Waals surface area contributed by atoms with Crippen molar-refractivity contribution >= 4 is 21.8 Å². The number of fused-ring (bicyclic) bond motifs is 6. The van der Waals surface area contributed by atoms with Gasteiger partial charge in [-0.05, 0) is 64.2 Å². The zero-order valence-electron chi connectivity index (χ0n) is 30.4. The SMILES string of the molecule is c1ccc(-n2c3ccccc3c3cc(-c4nc(-c5ccc(-c6cccnc6)cc5)nc5c4C(c4ccccc4)(c4ccccc4)c4ccccc4-5)ccc32)cc1. The van der Waals surface area contributed by atoms with Crippen LogP contribution in [0.25, 0.3) is 72.5 Å². The maximum absolute atomic E-state index is 5.64. The first-order valence-corrected chi connectivity index (χ1v) is 19.0. The molecule has 7 aromatic carbocycles. The van der Waals surface area contributed by atoms with Gasteiger partial charge in [-0.1, -0.05) is 158 Å². The lowest BCUT2D eigenvalue weighted by atomic mass is 9.67. The van der Waals surface area contributed by atoms with Crippen LogP contribution in [0.1, 0.15) is 22.3 Å². The van der Waals surface area contributed by atoms with Crippen molar-refractivity contribution in [3.8, 4) is 50.7 Å². The molecule has 0 aliphatic heterocycles. The molecule has 0 spiro atoms. The molecule has 56 heavy (non-hydrogen) atoms. The molecule has 1 aliphatic carbocycles. The summed E-state index contributed by atoms with van der Waals surface area (Å²) in [7, 11) is 0. The topological polar surface area (TPSA) is 43.6 Å². The monoisotopic (exact) mass is 714 g/mol. The molecule has 0 N–H and O–H groups in total. The number of pyridine rings is 1. The Labute approximate surface area is 325 Å². The molecule has 4 heteroatoms. The summed E-state index contributed by atoms with van der Waals surface area (Å²) in [4.78, 5) is 15.5. The summed E-state index contributed by atoms with van der Waals surface area (Å²) in [6, 6.07) is 69.3. The molecule has 10 aromatic rings. The molecule has 0 saturated carbocycles. The van der Waals surface area contributed by atoms with Crippen LogP contribution in [0.2, 0.25) is 0 Å². The Kier molecular flexibility index (Phi) is 7.36. The van der Waals surface area contributed by atoms with Crippen LogP contribution in [0, 0.1) is 0 Å². The lowest BCUT2D eigenvalue weighted by molar-refractivity contribution is 0.763. The van der Waals surface area contributed by atoms with E-state index in [1.54, 1.807) is 6.20 Å². The van der Waals surface area contributed by atoms with Gasteiger partial charge in [-0.2, -0.15) is 0 Å². The highest BCUT2D eigenvalue weighted by Crippen LogP contribution is 2.58. The van der Waals surface area contributed by atoms with Crippen LogP contribution in [0.5, 0.6) is 0 Å². The minimum absolute atomic E-state index is 0.667. The number of rotatable bonds is 6. The van der Waals surface area contributed by atoms with Gasteiger partial charge < -0.3 is 4.57 Å². The van der Waals surface area contributed by atoms with E-state index in [9.17, 15) is 0 Å². The molecule has 1 aliphatic rings. The van der Waals surface area contributed by atoms with Gasteiger partial charge in [-0.3, -0.25) is 4.98 Å². The summed E-state index contributed by atoms with van der Waals surface area (Å²) in [5.41, 5.74) is 14.6. The summed E-state index contributed by atoms with van der Waals surface area (Å²) < 4.78 is 2.36. The maximum atomic E-state index is 5.64. The van der Waals surface area contributed by atoms with E-state index in [4.69, 9.17) is 9.97 Å². The zero-order valence-corrected chi connectivity index (χ0v) is 30.4. The number of hydrogen-bond acceptors (Lipinski definition) is 3. The predicted molar refractivity (Wildman–Crippen MR) is 228 cm³/mol. The summed E-state index contributed by atoms with van der Waals surface area (Å²) >= 11 is 0. The molecule has 0 amide bonds. The number of aromatic nitrogens is 4. The first-order valence-electron chi connectivity index (χ1n) is 19.0. The van der Waals surface area contributed by atoms with Crippen LogP contribution in [-0.2, 0) is 5.41 Å². The molecule has 3 aromatic heterocycles. The van der Waals surface area contributed by atoms with Gasteiger partial charge >= 0.3 is 0 Å². The Bertz CT molecular complexity index is 3010. The van der Waals surface area contributed by atoms with E-state index in [2.05, 4.69) is 198 Å². The van der Waals surface area contributed by atoms with Crippen LogP contribution < -0.4 is 0 Å². The van der Waals surface area contributed by atoms with Crippen LogP contribution in [0.3, 0.4) is 0 Å². The molecule has 0 radical (unpaired) electrons. The molecule has 0 fully saturated rings. The molecule has 262 valence electrons. The molecule has 0 bridgehead atoms. The van der Waals surface area contributed by atoms with Gasteiger partial charge in [0.15, 0.2) is 5.82 Å². The fourth-order valence-corrected chi connectivity index (χ4v) is 8.96. The van der Waals surface area contributed by atoms with Gasteiger partial charge in [0.05, 0.1) is 27.8 Å². The quantitative estimate of drug-likeness (QED) is 0.172. The van der Waals surface area contributed by atoms with Crippen molar-refractivity contribution in [1.82, 2.24) is 19.5 Å². The smallest absolute Gasteiger partial charge is 0.160 e. The molecule has 0 unspecified atom stereocenters. The largest absolute Gasteiger partial charge is 0.309 e. The summed E-state index contributed by atoms with van der Waals surface area (Å²) in [6.45, 7) is 0. The zero-order chi connectivity index (χ0) is 37.1. The Balaban J connectivity index is 1.23. The molecule has 0 atom stereocenters. The van der Waals surface area contributed by atoms with Gasteiger partial charge in [-0.15, -0.1) is 0 Å². The van der Waals surface area contributed by atoms with Gasteiger partial charge in [-0.25, -0.2) is 9.97 Å². The first kappa shape index (κ1) is 32.0. The van der Waals surface area contributed by atoms with Gasteiger partial charge in [0.1, 0.15) is 0 Å². The molecule has 11 rings (SSSR count). The van der Waals surface area contributed by atoms with Crippen molar-refractivity contribution in [3.63, 3.8) is 0 Å². The van der Waals surface area contributed by atoms with Crippen molar-refractivity contribution in [2.45, 2.75) is 5.41 Å². The van der Waals surface area contributed by atoms with Crippen molar-refractivity contribution in [2.75, 3.05) is 0 Å². The third-order valence-corrected chi connectivity index (χ3v) is 11.4. The highest BCUT2D eigenvalue weighted by Gasteiger charge is 2.49. The average molecular weight is 715 g/mol. The average Bonchev–Trinajstić information content (AvgIpc) is 3.78. The Hall–Kier alpha value is -7.43. The Morgan fingerprint density at radius 2 is 1.04 bits per heavy atom. The normalized spacial score (nSPS) is 12.8. The fourth-order valence-electron chi connectivity index (χ4n) is 8.96. The molecule has 0 saturated heterocycles. The second-order valence-corrected chi connectivity index (χ2v) is 14.4. The molecular formula is C52H34N4. The van der Waals surface area contributed by atoms with Crippen molar-refractivity contribution < 1.29 is 0 Å². The molecule has 3 heterocycles. The standard InChI is InChI=1S/C52H34N4/c1-4-16-39(17-5-1)52(40-18-6-2-7-19-40)45-24-12-10-23-43(45)50-48(52)49(54-51(55-50)36-28-26-35(27-29-36)38-15-14-32-53-34-38)37-30-31-47-44(33-37)42-22-11-13-25-46(42)56(47)41-20-8-3-9-21-41/h1-34H. The van der Waals surface area contributed by atoms with Crippen molar-refractivity contribution in [1.29, 1.82) is 0 Å². The highest BCUT2D eigenvalue weighted by atomic mass is 15.0. The Morgan fingerprint density at radius 1 is 0.429 bits per heavy atom. The highest BCUT2D eigenvalue weighted by molar-refractivity contribution is 6.10. The Morgan fingerprint density at radius 3 is 1.77 bits per heavy atom. The van der Waals surface area contributed by atoms with Crippen LogP contribution in [-0.4, -0.2) is 19.5 Å². The van der Waals surface area contributed by atoms with E-state index in [0.29, 0.717) is 5.82 Å². The van der Waals surface area contributed by atoms with E-state index in [0.717, 1.165) is 56.0 Å². The second-order valence-electron chi connectivity index (χ2n) is 14.4. The maximum Gasteiger partial charge on any atom is 0.160 e.